The van der Waals surface area contributed by atoms with Crippen molar-refractivity contribution in [1.82, 2.24) is 4.98 Å². The van der Waals surface area contributed by atoms with Gasteiger partial charge in [0.15, 0.2) is 0 Å². The Kier molecular flexibility index (Phi) is 3.82. The Morgan fingerprint density at radius 3 is 2.57 bits per heavy atom. The van der Waals surface area contributed by atoms with Crippen LogP contribution >= 0.6 is 0 Å². The molecule has 0 aliphatic heterocycles. The maximum atomic E-state index is 12.8. The lowest BCUT2D eigenvalue weighted by Crippen LogP contribution is -1.95. The van der Waals surface area contributed by atoms with E-state index < -0.39 is 0 Å². The number of aromatic nitrogens is 1. The summed E-state index contributed by atoms with van der Waals surface area (Å²) in [5, 5.41) is 1.11. The summed E-state index contributed by atoms with van der Waals surface area (Å²) in [6.07, 6.45) is 2.87. The topological polar surface area (TPSA) is 22.1 Å². The third kappa shape index (κ3) is 3.19. The Labute approximate surface area is 123 Å². The summed E-state index contributed by atoms with van der Waals surface area (Å²) in [6, 6.07) is 14.4. The monoisotopic (exact) mass is 281 g/mol. The second-order valence-electron chi connectivity index (χ2n) is 4.97. The molecule has 0 aliphatic carbocycles. The van der Waals surface area contributed by atoms with Crippen LogP contribution in [0.2, 0.25) is 0 Å². The average Bonchev–Trinajstić information content (AvgIpc) is 2.53. The van der Waals surface area contributed by atoms with E-state index in [1.54, 1.807) is 12.1 Å². The smallest absolute Gasteiger partial charge is 0.123 e. The largest absolute Gasteiger partial charge is 0.489 e. The quantitative estimate of drug-likeness (QED) is 0.701. The molecule has 106 valence electrons. The third-order valence-corrected chi connectivity index (χ3v) is 3.44. The number of ether oxygens (including phenoxy) is 1. The van der Waals surface area contributed by atoms with Crippen LogP contribution in [0.3, 0.4) is 0 Å². The zero-order valence-electron chi connectivity index (χ0n) is 11.8. The number of halogens is 1. The molecule has 0 amide bonds. The van der Waals surface area contributed by atoms with E-state index in [1.165, 1.54) is 17.7 Å². The standard InChI is InChI=1S/C18H16FNO/c1-2-13-9-15-5-8-17(10-18(15)20-11-13)21-12-14-3-6-16(19)7-4-14/h3-11H,2,12H2,1H3. The Bertz CT molecular complexity index is 753. The summed E-state index contributed by atoms with van der Waals surface area (Å²) >= 11 is 0. The zero-order chi connectivity index (χ0) is 14.7. The summed E-state index contributed by atoms with van der Waals surface area (Å²) < 4.78 is 18.6. The zero-order valence-corrected chi connectivity index (χ0v) is 11.8. The van der Waals surface area contributed by atoms with Gasteiger partial charge in [0.25, 0.3) is 0 Å². The highest BCUT2D eigenvalue weighted by Crippen LogP contribution is 2.21. The van der Waals surface area contributed by atoms with E-state index in [0.717, 1.165) is 28.6 Å². The van der Waals surface area contributed by atoms with E-state index >= 15 is 0 Å². The van der Waals surface area contributed by atoms with Crippen molar-refractivity contribution in [1.29, 1.82) is 0 Å². The van der Waals surface area contributed by atoms with Crippen LogP contribution in [0.5, 0.6) is 5.75 Å². The van der Waals surface area contributed by atoms with Crippen molar-refractivity contribution in [3.05, 3.63) is 71.7 Å². The van der Waals surface area contributed by atoms with Gasteiger partial charge >= 0.3 is 0 Å². The van der Waals surface area contributed by atoms with Crippen LogP contribution in [0.4, 0.5) is 4.39 Å². The molecule has 3 rings (SSSR count). The second-order valence-corrected chi connectivity index (χ2v) is 4.97. The van der Waals surface area contributed by atoms with E-state index in [9.17, 15) is 4.39 Å². The molecule has 0 N–H and O–H groups in total. The first kappa shape index (κ1) is 13.6. The lowest BCUT2D eigenvalue weighted by atomic mass is 10.1. The number of aryl methyl sites for hydroxylation is 1. The molecule has 1 aromatic heterocycles. The van der Waals surface area contributed by atoms with Gasteiger partial charge in [0.05, 0.1) is 5.52 Å². The van der Waals surface area contributed by atoms with E-state index in [-0.39, 0.29) is 5.82 Å². The highest BCUT2D eigenvalue weighted by Gasteiger charge is 2.01. The Morgan fingerprint density at radius 1 is 1.00 bits per heavy atom. The Morgan fingerprint density at radius 2 is 1.81 bits per heavy atom. The van der Waals surface area contributed by atoms with Crippen LogP contribution in [-0.4, -0.2) is 4.98 Å². The van der Waals surface area contributed by atoms with Crippen LogP contribution in [-0.2, 0) is 13.0 Å². The molecule has 1 heterocycles. The maximum Gasteiger partial charge on any atom is 0.123 e. The first-order chi connectivity index (χ1) is 10.2. The minimum Gasteiger partial charge on any atom is -0.489 e. The summed E-state index contributed by atoms with van der Waals surface area (Å²) in [5.74, 6) is 0.531. The van der Waals surface area contributed by atoms with Crippen molar-refractivity contribution in [2.75, 3.05) is 0 Å². The lowest BCUT2D eigenvalue weighted by molar-refractivity contribution is 0.306. The van der Waals surface area contributed by atoms with Gasteiger partial charge in [-0.15, -0.1) is 0 Å². The van der Waals surface area contributed by atoms with Gasteiger partial charge < -0.3 is 4.74 Å². The van der Waals surface area contributed by atoms with Gasteiger partial charge in [-0.2, -0.15) is 0 Å². The maximum absolute atomic E-state index is 12.8. The Hall–Kier alpha value is -2.42. The molecule has 0 aliphatic rings. The summed E-state index contributed by atoms with van der Waals surface area (Å²) in [7, 11) is 0. The molecular formula is C18H16FNO. The minimum atomic E-state index is -0.236. The third-order valence-electron chi connectivity index (χ3n) is 3.44. The lowest BCUT2D eigenvalue weighted by Gasteiger charge is -2.08. The van der Waals surface area contributed by atoms with Gasteiger partial charge in [0.2, 0.25) is 0 Å². The fraction of sp³-hybridized carbons (Fsp3) is 0.167. The normalized spacial score (nSPS) is 10.8. The highest BCUT2D eigenvalue weighted by atomic mass is 19.1. The van der Waals surface area contributed by atoms with Crippen molar-refractivity contribution in [3.63, 3.8) is 0 Å². The molecule has 0 radical (unpaired) electrons. The molecule has 0 fully saturated rings. The predicted octanol–water partition coefficient (Wildman–Crippen LogP) is 4.52. The van der Waals surface area contributed by atoms with E-state index in [0.29, 0.717) is 6.61 Å². The predicted molar refractivity (Wildman–Crippen MR) is 81.9 cm³/mol. The van der Waals surface area contributed by atoms with Gasteiger partial charge in [0.1, 0.15) is 18.2 Å². The van der Waals surface area contributed by atoms with Crippen molar-refractivity contribution in [3.8, 4) is 5.75 Å². The van der Waals surface area contributed by atoms with Crippen molar-refractivity contribution >= 4 is 10.9 Å². The van der Waals surface area contributed by atoms with Crippen LogP contribution in [0.25, 0.3) is 10.9 Å². The van der Waals surface area contributed by atoms with Crippen molar-refractivity contribution in [2.24, 2.45) is 0 Å². The number of pyridine rings is 1. The molecule has 0 unspecified atom stereocenters. The molecule has 2 nitrogen and oxygen atoms in total. The van der Waals surface area contributed by atoms with Gasteiger partial charge in [-0.3, -0.25) is 4.98 Å². The number of hydrogen-bond acceptors (Lipinski definition) is 2. The first-order valence-electron chi connectivity index (χ1n) is 7.00. The molecule has 21 heavy (non-hydrogen) atoms. The molecule has 0 atom stereocenters. The fourth-order valence-electron chi connectivity index (χ4n) is 2.18. The number of benzene rings is 2. The molecule has 2 aromatic carbocycles. The summed E-state index contributed by atoms with van der Waals surface area (Å²) in [5.41, 5.74) is 3.08. The van der Waals surface area contributed by atoms with E-state index in [4.69, 9.17) is 4.74 Å². The van der Waals surface area contributed by atoms with Gasteiger partial charge in [0, 0.05) is 17.6 Å². The fourth-order valence-corrected chi connectivity index (χ4v) is 2.18. The van der Waals surface area contributed by atoms with Crippen LogP contribution in [0.15, 0.2) is 54.7 Å². The van der Waals surface area contributed by atoms with Crippen molar-refractivity contribution < 1.29 is 9.13 Å². The highest BCUT2D eigenvalue weighted by molar-refractivity contribution is 5.80. The van der Waals surface area contributed by atoms with Gasteiger partial charge in [-0.1, -0.05) is 19.1 Å². The Balaban J connectivity index is 1.76. The van der Waals surface area contributed by atoms with Gasteiger partial charge in [-0.05, 0) is 47.9 Å². The molecular weight excluding hydrogens is 265 g/mol. The average molecular weight is 281 g/mol. The molecule has 0 saturated carbocycles. The SMILES string of the molecule is CCc1cnc2cc(OCc3ccc(F)cc3)ccc2c1. The molecule has 0 bridgehead atoms. The van der Waals surface area contributed by atoms with Crippen molar-refractivity contribution in [2.45, 2.75) is 20.0 Å². The molecule has 0 saturated heterocycles. The first-order valence-corrected chi connectivity index (χ1v) is 7.00. The molecule has 3 aromatic rings. The van der Waals surface area contributed by atoms with Gasteiger partial charge in [-0.25, -0.2) is 4.39 Å². The number of rotatable bonds is 4. The minimum absolute atomic E-state index is 0.236. The van der Waals surface area contributed by atoms with Crippen LogP contribution < -0.4 is 4.74 Å². The van der Waals surface area contributed by atoms with E-state index in [1.807, 2.05) is 24.4 Å². The van der Waals surface area contributed by atoms with Crippen LogP contribution in [0, 0.1) is 5.82 Å². The molecule has 0 spiro atoms. The van der Waals surface area contributed by atoms with E-state index in [2.05, 4.69) is 18.0 Å². The van der Waals surface area contributed by atoms with Crippen LogP contribution in [0.1, 0.15) is 18.1 Å². The number of hydrogen-bond donors (Lipinski definition) is 0. The second kappa shape index (κ2) is 5.92. The number of nitrogens with zero attached hydrogens (tertiary/aromatic N) is 1. The summed E-state index contributed by atoms with van der Waals surface area (Å²) in [4.78, 5) is 4.45. The number of fused-ring (bicyclic) bond motifs is 1. The molecule has 3 heteroatoms. The summed E-state index contributed by atoms with van der Waals surface area (Å²) in [6.45, 7) is 2.53.